The van der Waals surface area contributed by atoms with Gasteiger partial charge >= 0.3 is 0 Å². The molecule has 0 aliphatic carbocycles. The average Bonchev–Trinajstić information content (AvgIpc) is 2.68. The molecule has 0 aromatic heterocycles. The highest BCUT2D eigenvalue weighted by Gasteiger charge is 2.36. The molecule has 0 spiro atoms. The van der Waals surface area contributed by atoms with Crippen molar-refractivity contribution in [1.82, 2.24) is 9.21 Å². The van der Waals surface area contributed by atoms with Crippen LogP contribution >= 0.6 is 0 Å². The number of aryl methyl sites for hydroxylation is 1. The number of sulfonamides is 1. The summed E-state index contributed by atoms with van der Waals surface area (Å²) in [5.41, 5.74) is 2.14. The monoisotopic (exact) mass is 402 g/mol. The first kappa shape index (κ1) is 20.8. The van der Waals surface area contributed by atoms with Crippen LogP contribution in [0.4, 0.5) is 0 Å². The van der Waals surface area contributed by atoms with Gasteiger partial charge in [-0.2, -0.15) is 4.31 Å². The molecule has 2 atom stereocenters. The van der Waals surface area contributed by atoms with E-state index in [1.807, 2.05) is 13.0 Å². The minimum absolute atomic E-state index is 0.168. The van der Waals surface area contributed by atoms with Crippen LogP contribution in [0.5, 0.6) is 5.75 Å². The van der Waals surface area contributed by atoms with E-state index >= 15 is 0 Å². The lowest BCUT2D eigenvalue weighted by atomic mass is 10.1. The van der Waals surface area contributed by atoms with Gasteiger partial charge in [0.25, 0.3) is 0 Å². The summed E-state index contributed by atoms with van der Waals surface area (Å²) in [6.07, 6.45) is 0.972. The number of methoxy groups -OCH3 is 1. The lowest BCUT2D eigenvalue weighted by Gasteiger charge is -2.43. The Morgan fingerprint density at radius 1 is 1.04 bits per heavy atom. The molecular weight excluding hydrogens is 372 g/mol. The molecule has 1 aliphatic rings. The van der Waals surface area contributed by atoms with Gasteiger partial charge in [-0.05, 0) is 56.5 Å². The Morgan fingerprint density at radius 2 is 1.68 bits per heavy atom. The van der Waals surface area contributed by atoms with E-state index < -0.39 is 10.0 Å². The highest BCUT2D eigenvalue weighted by atomic mass is 32.2. The molecule has 1 saturated heterocycles. The predicted octanol–water partition coefficient (Wildman–Crippen LogP) is 3.33. The molecule has 0 radical (unpaired) electrons. The van der Waals surface area contributed by atoms with Crippen LogP contribution in [0.1, 0.15) is 25.0 Å². The molecule has 6 heteroatoms. The Morgan fingerprint density at radius 3 is 2.25 bits per heavy atom. The quantitative estimate of drug-likeness (QED) is 0.744. The lowest BCUT2D eigenvalue weighted by molar-refractivity contribution is 0.0784. The van der Waals surface area contributed by atoms with E-state index in [0.29, 0.717) is 23.7 Å². The fourth-order valence-corrected chi connectivity index (χ4v) is 5.70. The molecule has 0 N–H and O–H groups in total. The van der Waals surface area contributed by atoms with Crippen molar-refractivity contribution < 1.29 is 13.2 Å². The summed E-state index contributed by atoms with van der Waals surface area (Å²) >= 11 is 0. The predicted molar refractivity (Wildman–Crippen MR) is 112 cm³/mol. The van der Waals surface area contributed by atoms with Crippen molar-refractivity contribution in [3.63, 3.8) is 0 Å². The van der Waals surface area contributed by atoms with Gasteiger partial charge in [-0.1, -0.05) is 30.3 Å². The third-order valence-electron chi connectivity index (χ3n) is 5.57. The van der Waals surface area contributed by atoms with Crippen molar-refractivity contribution in [3.05, 3.63) is 59.7 Å². The molecule has 0 saturated carbocycles. The van der Waals surface area contributed by atoms with Crippen LogP contribution in [0, 0.1) is 6.92 Å². The standard InChI is InChI=1S/C22H30N2O3S/c1-17-14-21(10-11-22(17)27-4)28(25,26)23-15-18(2)24(19(3)16-23)13-12-20-8-6-5-7-9-20/h5-11,14,18-19H,12-13,15-16H2,1-4H3. The molecule has 5 nitrogen and oxygen atoms in total. The molecule has 2 aromatic rings. The number of ether oxygens (including phenoxy) is 1. The Bertz CT molecular complexity index is 887. The van der Waals surface area contributed by atoms with Crippen molar-refractivity contribution in [2.75, 3.05) is 26.7 Å². The summed E-state index contributed by atoms with van der Waals surface area (Å²) in [7, 11) is -1.92. The smallest absolute Gasteiger partial charge is 0.243 e. The van der Waals surface area contributed by atoms with Crippen LogP contribution in [-0.4, -0.2) is 56.5 Å². The fraction of sp³-hybridized carbons (Fsp3) is 0.455. The van der Waals surface area contributed by atoms with E-state index in [1.54, 1.807) is 29.6 Å². The number of piperazine rings is 1. The highest BCUT2D eigenvalue weighted by molar-refractivity contribution is 7.89. The van der Waals surface area contributed by atoms with Crippen molar-refractivity contribution in [2.24, 2.45) is 0 Å². The molecule has 0 amide bonds. The molecule has 28 heavy (non-hydrogen) atoms. The van der Waals surface area contributed by atoms with E-state index in [-0.39, 0.29) is 12.1 Å². The number of nitrogens with zero attached hydrogens (tertiary/aromatic N) is 2. The molecule has 3 rings (SSSR count). The van der Waals surface area contributed by atoms with Crippen molar-refractivity contribution in [3.8, 4) is 5.75 Å². The second-order valence-corrected chi connectivity index (χ2v) is 9.56. The summed E-state index contributed by atoms with van der Waals surface area (Å²) in [6.45, 7) is 8.04. The molecule has 1 fully saturated rings. The summed E-state index contributed by atoms with van der Waals surface area (Å²) in [5, 5.41) is 0. The van der Waals surface area contributed by atoms with Gasteiger partial charge in [0, 0.05) is 31.7 Å². The van der Waals surface area contributed by atoms with Crippen LogP contribution in [0.15, 0.2) is 53.4 Å². The maximum absolute atomic E-state index is 13.2. The second kappa shape index (κ2) is 8.64. The van der Waals surface area contributed by atoms with E-state index in [0.717, 1.165) is 18.5 Å². The van der Waals surface area contributed by atoms with E-state index in [1.165, 1.54) is 5.56 Å². The largest absolute Gasteiger partial charge is 0.496 e. The van der Waals surface area contributed by atoms with E-state index in [2.05, 4.69) is 43.0 Å². The summed E-state index contributed by atoms with van der Waals surface area (Å²) in [4.78, 5) is 2.75. The molecule has 1 aliphatic heterocycles. The molecule has 2 aromatic carbocycles. The molecule has 0 bridgehead atoms. The maximum atomic E-state index is 13.2. The number of hydrogen-bond acceptors (Lipinski definition) is 4. The van der Waals surface area contributed by atoms with Gasteiger partial charge < -0.3 is 4.74 Å². The first-order valence-electron chi connectivity index (χ1n) is 9.77. The average molecular weight is 403 g/mol. The molecule has 2 unspecified atom stereocenters. The van der Waals surface area contributed by atoms with Gasteiger partial charge in [0.1, 0.15) is 5.75 Å². The molecule has 152 valence electrons. The Hall–Kier alpha value is -1.89. The zero-order valence-corrected chi connectivity index (χ0v) is 17.9. The lowest BCUT2D eigenvalue weighted by Crippen LogP contribution is -2.58. The Balaban J connectivity index is 1.71. The van der Waals surface area contributed by atoms with Crippen LogP contribution in [0.3, 0.4) is 0 Å². The third kappa shape index (κ3) is 4.40. The van der Waals surface area contributed by atoms with Crippen LogP contribution in [0.2, 0.25) is 0 Å². The SMILES string of the molecule is COc1ccc(S(=O)(=O)N2CC(C)N(CCc3ccccc3)C(C)C2)cc1C. The molecule has 1 heterocycles. The maximum Gasteiger partial charge on any atom is 0.243 e. The first-order chi connectivity index (χ1) is 13.3. The fourth-order valence-electron chi connectivity index (χ4n) is 4.01. The third-order valence-corrected chi connectivity index (χ3v) is 7.40. The second-order valence-electron chi connectivity index (χ2n) is 7.62. The van der Waals surface area contributed by atoms with Gasteiger partial charge in [0.15, 0.2) is 0 Å². The van der Waals surface area contributed by atoms with Gasteiger partial charge in [-0.15, -0.1) is 0 Å². The van der Waals surface area contributed by atoms with Crippen LogP contribution in [0.25, 0.3) is 0 Å². The number of hydrogen-bond donors (Lipinski definition) is 0. The van der Waals surface area contributed by atoms with E-state index in [4.69, 9.17) is 4.74 Å². The minimum atomic E-state index is -3.51. The topological polar surface area (TPSA) is 49.9 Å². The summed E-state index contributed by atoms with van der Waals surface area (Å²) in [6, 6.07) is 15.8. The Labute approximate surface area is 169 Å². The van der Waals surface area contributed by atoms with Gasteiger partial charge in [0.2, 0.25) is 10.0 Å². The zero-order valence-electron chi connectivity index (χ0n) is 17.1. The van der Waals surface area contributed by atoms with Gasteiger partial charge in [-0.3, -0.25) is 4.90 Å². The Kier molecular flexibility index (Phi) is 6.43. The van der Waals surface area contributed by atoms with Gasteiger partial charge in [-0.25, -0.2) is 8.42 Å². The highest BCUT2D eigenvalue weighted by Crippen LogP contribution is 2.27. The van der Waals surface area contributed by atoms with Crippen molar-refractivity contribution in [2.45, 2.75) is 44.2 Å². The van der Waals surface area contributed by atoms with Crippen molar-refractivity contribution >= 4 is 10.0 Å². The van der Waals surface area contributed by atoms with Crippen LogP contribution in [-0.2, 0) is 16.4 Å². The number of rotatable bonds is 6. The summed E-state index contributed by atoms with van der Waals surface area (Å²) < 4.78 is 33.2. The summed E-state index contributed by atoms with van der Waals surface area (Å²) in [5.74, 6) is 0.700. The first-order valence-corrected chi connectivity index (χ1v) is 11.2. The zero-order chi connectivity index (χ0) is 20.3. The normalized spacial score (nSPS) is 21.6. The van der Waals surface area contributed by atoms with Crippen LogP contribution < -0.4 is 4.74 Å². The molecular formula is C22H30N2O3S. The number of benzene rings is 2. The minimum Gasteiger partial charge on any atom is -0.496 e. The van der Waals surface area contributed by atoms with E-state index in [9.17, 15) is 8.42 Å². The van der Waals surface area contributed by atoms with Crippen molar-refractivity contribution in [1.29, 1.82) is 0 Å². The van der Waals surface area contributed by atoms with Gasteiger partial charge in [0.05, 0.1) is 12.0 Å².